The van der Waals surface area contributed by atoms with Gasteiger partial charge < -0.3 is 9.84 Å². The molecular formula is C16H22N4O2S. The van der Waals surface area contributed by atoms with Gasteiger partial charge in [0.2, 0.25) is 0 Å². The Morgan fingerprint density at radius 2 is 2.00 bits per heavy atom. The van der Waals surface area contributed by atoms with Crippen molar-refractivity contribution in [2.24, 2.45) is 0 Å². The number of nitrogens with zero attached hydrogens (tertiary/aromatic N) is 4. The molecule has 1 aromatic heterocycles. The maximum atomic E-state index is 10.6. The van der Waals surface area contributed by atoms with Gasteiger partial charge in [-0.2, -0.15) is 8.75 Å². The predicted molar refractivity (Wildman–Crippen MR) is 89.5 cm³/mol. The summed E-state index contributed by atoms with van der Waals surface area (Å²) in [6, 6.07) is 6.54. The van der Waals surface area contributed by atoms with Crippen LogP contribution >= 0.6 is 11.7 Å². The number of likely N-dealkylation sites (tertiary alicyclic amines) is 1. The average molecular weight is 334 g/mol. The first-order chi connectivity index (χ1) is 11.3. The fourth-order valence-electron chi connectivity index (χ4n) is 3.65. The van der Waals surface area contributed by atoms with Crippen LogP contribution in [0.1, 0.15) is 12.0 Å². The van der Waals surface area contributed by atoms with Gasteiger partial charge in [0, 0.05) is 38.8 Å². The van der Waals surface area contributed by atoms with E-state index in [0.29, 0.717) is 0 Å². The fraction of sp³-hybridized carbons (Fsp3) is 0.625. The first kappa shape index (κ1) is 15.4. The number of aliphatic hydroxyl groups is 1. The number of fused-ring (bicyclic) bond motifs is 1. The van der Waals surface area contributed by atoms with Gasteiger partial charge in [-0.3, -0.25) is 9.80 Å². The Morgan fingerprint density at radius 3 is 2.83 bits per heavy atom. The number of aromatic nitrogens is 2. The lowest BCUT2D eigenvalue weighted by Gasteiger charge is -2.43. The zero-order chi connectivity index (χ0) is 15.6. The van der Waals surface area contributed by atoms with Crippen LogP contribution < -0.4 is 0 Å². The minimum Gasteiger partial charge on any atom is -0.390 e. The highest BCUT2D eigenvalue weighted by Crippen LogP contribution is 2.21. The third-order valence-electron chi connectivity index (χ3n) is 4.87. The van der Waals surface area contributed by atoms with Crippen molar-refractivity contribution in [2.75, 3.05) is 39.4 Å². The molecule has 0 aliphatic carbocycles. The normalized spacial score (nSPS) is 27.5. The summed E-state index contributed by atoms with van der Waals surface area (Å²) >= 11 is 1.25. The van der Waals surface area contributed by atoms with Crippen molar-refractivity contribution in [3.05, 3.63) is 23.8 Å². The zero-order valence-electron chi connectivity index (χ0n) is 13.1. The summed E-state index contributed by atoms with van der Waals surface area (Å²) in [6.07, 6.45) is 0.730. The topological polar surface area (TPSA) is 61.7 Å². The Balaban J connectivity index is 1.37. The van der Waals surface area contributed by atoms with Crippen molar-refractivity contribution in [3.8, 4) is 0 Å². The van der Waals surface area contributed by atoms with E-state index in [9.17, 15) is 5.11 Å². The number of morpholine rings is 1. The number of hydrogen-bond acceptors (Lipinski definition) is 7. The highest BCUT2D eigenvalue weighted by Gasteiger charge is 2.32. The van der Waals surface area contributed by atoms with Crippen molar-refractivity contribution < 1.29 is 9.84 Å². The lowest BCUT2D eigenvalue weighted by molar-refractivity contribution is -0.0534. The number of rotatable bonds is 3. The van der Waals surface area contributed by atoms with Crippen LogP contribution in [0.5, 0.6) is 0 Å². The van der Waals surface area contributed by atoms with E-state index < -0.39 is 0 Å². The van der Waals surface area contributed by atoms with Crippen LogP contribution in [0.3, 0.4) is 0 Å². The van der Waals surface area contributed by atoms with E-state index in [1.807, 2.05) is 6.07 Å². The molecule has 2 aliphatic rings. The molecule has 2 atom stereocenters. The molecule has 0 spiro atoms. The highest BCUT2D eigenvalue weighted by molar-refractivity contribution is 7.00. The van der Waals surface area contributed by atoms with Crippen LogP contribution in [-0.4, -0.2) is 75.2 Å². The molecule has 0 saturated carbocycles. The van der Waals surface area contributed by atoms with Crippen LogP contribution in [0.25, 0.3) is 11.0 Å². The summed E-state index contributed by atoms with van der Waals surface area (Å²) in [5.74, 6) is 0. The van der Waals surface area contributed by atoms with Gasteiger partial charge in [0.05, 0.1) is 31.0 Å². The summed E-state index contributed by atoms with van der Waals surface area (Å²) in [6.45, 7) is 6.07. The van der Waals surface area contributed by atoms with Gasteiger partial charge in [0.1, 0.15) is 11.0 Å². The molecule has 0 bridgehead atoms. The van der Waals surface area contributed by atoms with Gasteiger partial charge in [-0.25, -0.2) is 0 Å². The van der Waals surface area contributed by atoms with E-state index in [1.165, 1.54) is 17.3 Å². The Kier molecular flexibility index (Phi) is 4.54. The second kappa shape index (κ2) is 6.78. The van der Waals surface area contributed by atoms with Gasteiger partial charge in [-0.1, -0.05) is 6.07 Å². The third kappa shape index (κ3) is 3.39. The van der Waals surface area contributed by atoms with Gasteiger partial charge >= 0.3 is 0 Å². The van der Waals surface area contributed by atoms with Crippen LogP contribution in [0.2, 0.25) is 0 Å². The second-order valence-electron chi connectivity index (χ2n) is 6.39. The molecule has 7 heteroatoms. The SMILES string of the molecule is O[C@@H]1CN(Cc2ccc3nsnc3c2)CC[C@H]1N1CCOCC1. The van der Waals surface area contributed by atoms with Crippen LogP contribution in [0.15, 0.2) is 18.2 Å². The molecule has 4 rings (SSSR count). The molecule has 1 aromatic carbocycles. The Labute approximate surface area is 140 Å². The molecule has 2 aromatic rings. The summed E-state index contributed by atoms with van der Waals surface area (Å²) in [5, 5.41) is 10.6. The van der Waals surface area contributed by atoms with Crippen molar-refractivity contribution >= 4 is 22.8 Å². The van der Waals surface area contributed by atoms with E-state index in [4.69, 9.17) is 4.74 Å². The Hall–Kier alpha value is -1.12. The lowest BCUT2D eigenvalue weighted by Crippen LogP contribution is -2.56. The van der Waals surface area contributed by atoms with E-state index in [0.717, 1.165) is 63.4 Å². The maximum Gasteiger partial charge on any atom is 0.105 e. The molecule has 23 heavy (non-hydrogen) atoms. The average Bonchev–Trinajstić information content (AvgIpc) is 3.03. The van der Waals surface area contributed by atoms with Gasteiger partial charge in [-0.05, 0) is 24.1 Å². The first-order valence-corrected chi connectivity index (χ1v) is 8.96. The standard InChI is InChI=1S/C16H22N4O2S/c21-16-11-19(4-3-15(16)20-5-7-22-8-6-20)10-12-1-2-13-14(9-12)18-23-17-13/h1-2,9,15-16,21H,3-8,10-11H2/t15-,16-/m1/s1. The van der Waals surface area contributed by atoms with Crippen molar-refractivity contribution in [3.63, 3.8) is 0 Å². The number of β-amino-alcohol motifs (C(OH)–C–C–N with tert-alkyl or cyclic N) is 1. The number of hydrogen-bond donors (Lipinski definition) is 1. The molecule has 0 unspecified atom stereocenters. The van der Waals surface area contributed by atoms with Crippen molar-refractivity contribution in [2.45, 2.75) is 25.1 Å². The largest absolute Gasteiger partial charge is 0.390 e. The highest BCUT2D eigenvalue weighted by atomic mass is 32.1. The smallest absolute Gasteiger partial charge is 0.105 e. The fourth-order valence-corrected chi connectivity index (χ4v) is 4.17. The molecular weight excluding hydrogens is 312 g/mol. The molecule has 0 amide bonds. The monoisotopic (exact) mass is 334 g/mol. The molecule has 124 valence electrons. The van der Waals surface area contributed by atoms with Crippen molar-refractivity contribution in [1.82, 2.24) is 18.5 Å². The summed E-state index contributed by atoms with van der Waals surface area (Å²) < 4.78 is 14.0. The third-order valence-corrected chi connectivity index (χ3v) is 5.43. The second-order valence-corrected chi connectivity index (χ2v) is 6.92. The molecule has 2 aliphatic heterocycles. The molecule has 6 nitrogen and oxygen atoms in total. The van der Waals surface area contributed by atoms with E-state index in [-0.39, 0.29) is 12.1 Å². The quantitative estimate of drug-likeness (QED) is 0.902. The lowest BCUT2D eigenvalue weighted by atomic mass is 9.99. The van der Waals surface area contributed by atoms with Crippen LogP contribution in [0.4, 0.5) is 0 Å². The molecule has 2 saturated heterocycles. The van der Waals surface area contributed by atoms with Gasteiger partial charge in [0.15, 0.2) is 0 Å². The Bertz CT molecular complexity index is 658. The minimum absolute atomic E-state index is 0.278. The molecule has 1 N–H and O–H groups in total. The molecule has 3 heterocycles. The van der Waals surface area contributed by atoms with Crippen LogP contribution in [-0.2, 0) is 11.3 Å². The molecule has 0 radical (unpaired) electrons. The summed E-state index contributed by atoms with van der Waals surface area (Å²) in [7, 11) is 0. The number of piperidine rings is 1. The predicted octanol–water partition coefficient (Wildman–Crippen LogP) is 0.959. The maximum absolute atomic E-state index is 10.6. The number of aliphatic hydroxyl groups excluding tert-OH is 1. The van der Waals surface area contributed by atoms with Crippen LogP contribution in [0, 0.1) is 0 Å². The summed E-state index contributed by atoms with van der Waals surface area (Å²) in [4.78, 5) is 4.72. The van der Waals surface area contributed by atoms with E-state index in [1.54, 1.807) is 0 Å². The first-order valence-electron chi connectivity index (χ1n) is 8.23. The van der Waals surface area contributed by atoms with E-state index >= 15 is 0 Å². The van der Waals surface area contributed by atoms with Gasteiger partial charge in [0.25, 0.3) is 0 Å². The van der Waals surface area contributed by atoms with Crippen molar-refractivity contribution in [1.29, 1.82) is 0 Å². The Morgan fingerprint density at radius 1 is 1.17 bits per heavy atom. The zero-order valence-corrected chi connectivity index (χ0v) is 13.9. The number of ether oxygens (including phenoxy) is 1. The minimum atomic E-state index is -0.286. The summed E-state index contributed by atoms with van der Waals surface area (Å²) in [5.41, 5.74) is 3.17. The molecule has 2 fully saturated rings. The number of benzene rings is 1. The van der Waals surface area contributed by atoms with Gasteiger partial charge in [-0.15, -0.1) is 0 Å². The van der Waals surface area contributed by atoms with E-state index in [2.05, 4.69) is 30.7 Å².